The normalized spacial score (nSPS) is 18.3. The fourth-order valence-corrected chi connectivity index (χ4v) is 2.34. The van der Waals surface area contributed by atoms with Gasteiger partial charge in [0.25, 0.3) is 0 Å². The molecule has 1 amide bonds. The van der Waals surface area contributed by atoms with Gasteiger partial charge in [0.2, 0.25) is 5.91 Å². The van der Waals surface area contributed by atoms with Gasteiger partial charge in [0.1, 0.15) is 0 Å². The Morgan fingerprint density at radius 1 is 1.21 bits per heavy atom. The summed E-state index contributed by atoms with van der Waals surface area (Å²) in [5.74, 6) is -1.63. The molecule has 3 N–H and O–H groups in total. The number of rotatable bonds is 6. The molecule has 0 radical (unpaired) electrons. The maximum absolute atomic E-state index is 11.9. The maximum Gasteiger partial charge on any atom is 0.401 e. The predicted molar refractivity (Wildman–Crippen MR) is 60.5 cm³/mol. The Kier molecular flexibility index (Phi) is 5.16. The minimum Gasteiger partial charge on any atom is -0.481 e. The number of hydrogen-bond acceptors (Lipinski definition) is 3. The van der Waals surface area contributed by atoms with Gasteiger partial charge in [-0.05, 0) is 12.8 Å². The van der Waals surface area contributed by atoms with E-state index < -0.39 is 36.7 Å². The van der Waals surface area contributed by atoms with E-state index in [1.165, 1.54) is 0 Å². The summed E-state index contributed by atoms with van der Waals surface area (Å²) >= 11 is 0. The van der Waals surface area contributed by atoms with Crippen molar-refractivity contribution < 1.29 is 27.9 Å². The largest absolute Gasteiger partial charge is 0.481 e. The number of nitrogens with one attached hydrogen (secondary N) is 2. The van der Waals surface area contributed by atoms with Crippen LogP contribution >= 0.6 is 0 Å². The van der Waals surface area contributed by atoms with Gasteiger partial charge in [-0.25, -0.2) is 0 Å². The summed E-state index contributed by atoms with van der Waals surface area (Å²) < 4.78 is 35.7. The minimum absolute atomic E-state index is 0.196. The van der Waals surface area contributed by atoms with Crippen LogP contribution < -0.4 is 10.6 Å². The van der Waals surface area contributed by atoms with Gasteiger partial charge < -0.3 is 15.7 Å². The van der Waals surface area contributed by atoms with Crippen molar-refractivity contribution in [1.82, 2.24) is 10.6 Å². The highest BCUT2D eigenvalue weighted by Gasteiger charge is 2.37. The maximum atomic E-state index is 11.9. The van der Waals surface area contributed by atoms with Crippen LogP contribution in [0.2, 0.25) is 0 Å². The molecule has 1 aliphatic rings. The second-order valence-electron chi connectivity index (χ2n) is 4.82. The van der Waals surface area contributed by atoms with E-state index in [2.05, 4.69) is 5.32 Å². The lowest BCUT2D eigenvalue weighted by molar-refractivity contribution is -0.139. The first-order valence-corrected chi connectivity index (χ1v) is 6.03. The van der Waals surface area contributed by atoms with Crippen LogP contribution in [0.25, 0.3) is 0 Å². The van der Waals surface area contributed by atoms with E-state index in [9.17, 15) is 22.8 Å². The van der Waals surface area contributed by atoms with Crippen molar-refractivity contribution in [3.63, 3.8) is 0 Å². The lowest BCUT2D eigenvalue weighted by atomic mass is 9.93. The highest BCUT2D eigenvalue weighted by molar-refractivity contribution is 5.80. The summed E-state index contributed by atoms with van der Waals surface area (Å²) in [6.07, 6.45) is -1.86. The highest BCUT2D eigenvalue weighted by atomic mass is 19.4. The number of amides is 1. The van der Waals surface area contributed by atoms with Crippen molar-refractivity contribution in [3.05, 3.63) is 0 Å². The quantitative estimate of drug-likeness (QED) is 0.680. The molecule has 0 aromatic heterocycles. The molecular formula is C11H17F3N2O3. The summed E-state index contributed by atoms with van der Waals surface area (Å²) in [5, 5.41) is 13.4. The lowest BCUT2D eigenvalue weighted by Crippen LogP contribution is -2.51. The molecule has 0 aromatic carbocycles. The number of alkyl halides is 3. The van der Waals surface area contributed by atoms with Crippen molar-refractivity contribution in [2.75, 3.05) is 13.1 Å². The summed E-state index contributed by atoms with van der Waals surface area (Å²) in [6.45, 7) is -1.72. The van der Waals surface area contributed by atoms with Crippen LogP contribution in [-0.2, 0) is 9.59 Å². The zero-order valence-corrected chi connectivity index (χ0v) is 10.3. The van der Waals surface area contributed by atoms with Crippen LogP contribution in [0.4, 0.5) is 13.2 Å². The molecule has 1 rings (SSSR count). The van der Waals surface area contributed by atoms with Crippen LogP contribution in [0.1, 0.15) is 32.1 Å². The second kappa shape index (κ2) is 6.23. The molecule has 19 heavy (non-hydrogen) atoms. The molecule has 0 unspecified atom stereocenters. The average molecular weight is 282 g/mol. The van der Waals surface area contributed by atoms with E-state index >= 15 is 0 Å². The van der Waals surface area contributed by atoms with Crippen molar-refractivity contribution >= 4 is 11.9 Å². The molecule has 1 aliphatic carbocycles. The predicted octanol–water partition coefficient (Wildman–Crippen LogP) is 1.04. The number of carbonyl (C=O) groups excluding carboxylic acids is 1. The Morgan fingerprint density at radius 2 is 1.79 bits per heavy atom. The molecule has 0 atom stereocenters. The van der Waals surface area contributed by atoms with Crippen LogP contribution in [0.3, 0.4) is 0 Å². The zero-order valence-electron chi connectivity index (χ0n) is 10.3. The van der Waals surface area contributed by atoms with Crippen molar-refractivity contribution in [2.45, 2.75) is 43.8 Å². The third-order valence-corrected chi connectivity index (χ3v) is 3.07. The molecule has 1 fully saturated rings. The van der Waals surface area contributed by atoms with Gasteiger partial charge in [-0.3, -0.25) is 9.59 Å². The molecular weight excluding hydrogens is 265 g/mol. The van der Waals surface area contributed by atoms with Gasteiger partial charge in [-0.2, -0.15) is 13.2 Å². The van der Waals surface area contributed by atoms with E-state index in [-0.39, 0.29) is 6.42 Å². The Balaban J connectivity index is 2.42. The standard InChI is InChI=1S/C11H17F3N2O3/c12-11(13,14)7-15-6-8(17)16-10(5-9(18)19)3-1-2-4-10/h15H,1-7H2,(H,16,17)(H,18,19). The summed E-state index contributed by atoms with van der Waals surface area (Å²) in [4.78, 5) is 22.3. The first-order valence-electron chi connectivity index (χ1n) is 6.03. The fourth-order valence-electron chi connectivity index (χ4n) is 2.34. The van der Waals surface area contributed by atoms with Crippen molar-refractivity contribution in [1.29, 1.82) is 0 Å². The Hall–Kier alpha value is -1.31. The minimum atomic E-state index is -4.37. The van der Waals surface area contributed by atoms with Crippen molar-refractivity contribution in [2.24, 2.45) is 0 Å². The van der Waals surface area contributed by atoms with Gasteiger partial charge in [0.05, 0.1) is 25.0 Å². The Morgan fingerprint density at radius 3 is 2.26 bits per heavy atom. The summed E-state index contributed by atoms with van der Waals surface area (Å²) in [7, 11) is 0. The molecule has 0 aromatic rings. The van der Waals surface area contributed by atoms with E-state index in [1.54, 1.807) is 0 Å². The Labute approximate surface area is 108 Å². The molecule has 1 saturated carbocycles. The van der Waals surface area contributed by atoms with Gasteiger partial charge in [-0.1, -0.05) is 12.8 Å². The van der Waals surface area contributed by atoms with Crippen LogP contribution in [0, 0.1) is 0 Å². The van der Waals surface area contributed by atoms with Crippen LogP contribution in [0.5, 0.6) is 0 Å². The first kappa shape index (κ1) is 15.7. The second-order valence-corrected chi connectivity index (χ2v) is 4.82. The average Bonchev–Trinajstić information content (AvgIpc) is 2.62. The molecule has 110 valence electrons. The van der Waals surface area contributed by atoms with E-state index in [0.717, 1.165) is 12.8 Å². The van der Waals surface area contributed by atoms with Gasteiger partial charge in [-0.15, -0.1) is 0 Å². The lowest BCUT2D eigenvalue weighted by Gasteiger charge is -2.28. The number of carboxylic acids is 1. The number of carbonyl (C=O) groups is 2. The summed E-state index contributed by atoms with van der Waals surface area (Å²) in [5.41, 5.74) is -0.803. The fraction of sp³-hybridized carbons (Fsp3) is 0.818. The molecule has 0 spiro atoms. The van der Waals surface area contributed by atoms with E-state index in [4.69, 9.17) is 5.11 Å². The Bertz CT molecular complexity index is 339. The highest BCUT2D eigenvalue weighted by Crippen LogP contribution is 2.32. The molecule has 0 heterocycles. The number of aliphatic carboxylic acids is 1. The molecule has 0 aliphatic heterocycles. The van der Waals surface area contributed by atoms with Gasteiger partial charge in [0, 0.05) is 0 Å². The topological polar surface area (TPSA) is 78.4 Å². The molecule has 0 saturated heterocycles. The number of hydrogen-bond donors (Lipinski definition) is 3. The van der Waals surface area contributed by atoms with Crippen molar-refractivity contribution in [3.8, 4) is 0 Å². The van der Waals surface area contributed by atoms with E-state index in [1.807, 2.05) is 5.32 Å². The number of halogens is 3. The molecule has 8 heteroatoms. The van der Waals surface area contributed by atoms with Crippen LogP contribution in [-0.4, -0.2) is 41.8 Å². The van der Waals surface area contributed by atoms with Gasteiger partial charge in [0.15, 0.2) is 0 Å². The first-order chi connectivity index (χ1) is 8.72. The third-order valence-electron chi connectivity index (χ3n) is 3.07. The molecule has 0 bridgehead atoms. The van der Waals surface area contributed by atoms with E-state index in [0.29, 0.717) is 12.8 Å². The summed E-state index contributed by atoms with van der Waals surface area (Å²) in [6, 6.07) is 0. The molecule has 5 nitrogen and oxygen atoms in total. The smallest absolute Gasteiger partial charge is 0.401 e. The number of carboxylic acid groups (broad SMARTS) is 1. The zero-order chi connectivity index (χ0) is 14.5. The SMILES string of the molecule is O=C(O)CC1(NC(=O)CNCC(F)(F)F)CCCC1. The van der Waals surface area contributed by atoms with Crippen LogP contribution in [0.15, 0.2) is 0 Å². The van der Waals surface area contributed by atoms with Gasteiger partial charge >= 0.3 is 12.1 Å². The monoisotopic (exact) mass is 282 g/mol. The third kappa shape index (κ3) is 5.91.